The Bertz CT molecular complexity index is 1060. The molecule has 0 N–H and O–H groups in total. The second-order valence-electron chi connectivity index (χ2n) is 6.76. The predicted molar refractivity (Wildman–Crippen MR) is 110 cm³/mol. The number of imidazole rings is 1. The van der Waals surface area contributed by atoms with Crippen LogP contribution in [0.15, 0.2) is 48.9 Å². The number of anilines is 1. The summed E-state index contributed by atoms with van der Waals surface area (Å²) in [5.41, 5.74) is 1.55. The average Bonchev–Trinajstić information content (AvgIpc) is 3.32. The first-order chi connectivity index (χ1) is 13.6. The number of aromatic nitrogens is 2. The monoisotopic (exact) mass is 412 g/mol. The van der Waals surface area contributed by atoms with Gasteiger partial charge < -0.3 is 14.2 Å². The molecule has 0 bridgehead atoms. The second-order valence-corrected chi connectivity index (χ2v) is 7.60. The molecule has 28 heavy (non-hydrogen) atoms. The minimum Gasteiger partial charge on any atom is -0.454 e. The van der Waals surface area contributed by atoms with Gasteiger partial charge in [-0.1, -0.05) is 29.3 Å². The molecule has 0 spiro atoms. The zero-order chi connectivity index (χ0) is 19.7. The van der Waals surface area contributed by atoms with E-state index in [1.807, 2.05) is 29.9 Å². The van der Waals surface area contributed by atoms with Crippen molar-refractivity contribution in [2.75, 3.05) is 11.4 Å². The van der Waals surface area contributed by atoms with E-state index in [0.717, 1.165) is 30.8 Å². The van der Waals surface area contributed by atoms with Gasteiger partial charge in [-0.2, -0.15) is 5.26 Å². The van der Waals surface area contributed by atoms with Gasteiger partial charge >= 0.3 is 0 Å². The van der Waals surface area contributed by atoms with Gasteiger partial charge in [0.25, 0.3) is 0 Å². The Morgan fingerprint density at radius 3 is 2.75 bits per heavy atom. The molecular formula is C21H18Cl2N4O. The fourth-order valence-corrected chi connectivity index (χ4v) is 4.06. The summed E-state index contributed by atoms with van der Waals surface area (Å²) in [5, 5.41) is 10.4. The summed E-state index contributed by atoms with van der Waals surface area (Å²) in [6.07, 6.45) is 5.81. The lowest BCUT2D eigenvalue weighted by atomic mass is 10.0. The Hall–Kier alpha value is -2.68. The SMILES string of the molecule is Cn1cncc1N1CCC[C@@H]1c1ccc(C#N)c(Oc2ccc(Cl)cc2Cl)c1. The summed E-state index contributed by atoms with van der Waals surface area (Å²) >= 11 is 12.2. The predicted octanol–water partition coefficient (Wildman–Crippen LogP) is 5.73. The van der Waals surface area contributed by atoms with E-state index in [1.165, 1.54) is 0 Å². The van der Waals surface area contributed by atoms with Gasteiger partial charge in [0.15, 0.2) is 0 Å². The molecule has 1 aromatic heterocycles. The van der Waals surface area contributed by atoms with Crippen LogP contribution >= 0.6 is 23.2 Å². The highest BCUT2D eigenvalue weighted by Gasteiger charge is 2.28. The lowest BCUT2D eigenvalue weighted by Gasteiger charge is -2.27. The topological polar surface area (TPSA) is 54.1 Å². The molecule has 1 atom stereocenters. The highest BCUT2D eigenvalue weighted by atomic mass is 35.5. The number of rotatable bonds is 4. The number of nitrogens with zero attached hydrogens (tertiary/aromatic N) is 4. The van der Waals surface area contributed by atoms with Gasteiger partial charge in [-0.25, -0.2) is 4.98 Å². The van der Waals surface area contributed by atoms with E-state index in [2.05, 4.69) is 16.0 Å². The van der Waals surface area contributed by atoms with E-state index in [1.54, 1.807) is 30.6 Å². The van der Waals surface area contributed by atoms with Crippen molar-refractivity contribution in [1.29, 1.82) is 5.26 Å². The molecule has 1 aliphatic rings. The van der Waals surface area contributed by atoms with Crippen molar-refractivity contribution in [3.05, 3.63) is 70.1 Å². The molecule has 0 amide bonds. The first-order valence-corrected chi connectivity index (χ1v) is 9.72. The lowest BCUT2D eigenvalue weighted by Crippen LogP contribution is -2.24. The van der Waals surface area contributed by atoms with Gasteiger partial charge in [0, 0.05) is 18.6 Å². The highest BCUT2D eigenvalue weighted by molar-refractivity contribution is 6.35. The van der Waals surface area contributed by atoms with Crippen LogP contribution in [0.4, 0.5) is 5.82 Å². The van der Waals surface area contributed by atoms with Crippen molar-refractivity contribution in [3.8, 4) is 17.6 Å². The molecular weight excluding hydrogens is 395 g/mol. The molecule has 142 valence electrons. The molecule has 4 rings (SSSR count). The number of hydrogen-bond acceptors (Lipinski definition) is 4. The number of benzene rings is 2. The van der Waals surface area contributed by atoms with Crippen LogP contribution in [0, 0.1) is 11.3 Å². The van der Waals surface area contributed by atoms with E-state index in [4.69, 9.17) is 27.9 Å². The minimum atomic E-state index is 0.200. The van der Waals surface area contributed by atoms with Gasteiger partial charge in [0.2, 0.25) is 0 Å². The van der Waals surface area contributed by atoms with Crippen molar-refractivity contribution >= 4 is 29.0 Å². The standard InChI is InChI=1S/C21H18Cl2N4O/c1-26-13-25-12-21(26)27-8-2-3-18(27)14-4-5-15(11-24)20(9-14)28-19-7-6-16(22)10-17(19)23/h4-7,9-10,12-13,18H,2-3,8H2,1H3/t18-/m1/s1. The van der Waals surface area contributed by atoms with Crippen LogP contribution in [0.2, 0.25) is 10.0 Å². The molecule has 0 unspecified atom stereocenters. The zero-order valence-electron chi connectivity index (χ0n) is 15.3. The third-order valence-electron chi connectivity index (χ3n) is 4.96. The van der Waals surface area contributed by atoms with E-state index in [0.29, 0.717) is 27.1 Å². The molecule has 3 aromatic rings. The maximum absolute atomic E-state index is 9.50. The molecule has 0 saturated carbocycles. The first kappa shape index (κ1) is 18.7. The van der Waals surface area contributed by atoms with Crippen LogP contribution in [-0.4, -0.2) is 16.1 Å². The maximum atomic E-state index is 9.50. The van der Waals surface area contributed by atoms with Crippen molar-refractivity contribution in [3.63, 3.8) is 0 Å². The smallest absolute Gasteiger partial charge is 0.146 e. The quantitative estimate of drug-likeness (QED) is 0.548. The minimum absolute atomic E-state index is 0.200. The summed E-state index contributed by atoms with van der Waals surface area (Å²) in [4.78, 5) is 6.58. The van der Waals surface area contributed by atoms with Gasteiger partial charge in [0.1, 0.15) is 23.4 Å². The van der Waals surface area contributed by atoms with Gasteiger partial charge in [-0.05, 0) is 48.7 Å². The third-order valence-corrected chi connectivity index (χ3v) is 5.49. The number of aryl methyl sites for hydroxylation is 1. The largest absolute Gasteiger partial charge is 0.454 e. The number of hydrogen-bond donors (Lipinski definition) is 0. The van der Waals surface area contributed by atoms with Crippen LogP contribution in [0.5, 0.6) is 11.5 Å². The lowest BCUT2D eigenvalue weighted by molar-refractivity contribution is 0.479. The van der Waals surface area contributed by atoms with Crippen molar-refractivity contribution in [2.45, 2.75) is 18.9 Å². The van der Waals surface area contributed by atoms with Crippen molar-refractivity contribution < 1.29 is 4.74 Å². The Balaban J connectivity index is 1.68. The van der Waals surface area contributed by atoms with Crippen molar-refractivity contribution in [1.82, 2.24) is 9.55 Å². The first-order valence-electron chi connectivity index (χ1n) is 8.96. The highest BCUT2D eigenvalue weighted by Crippen LogP contribution is 2.39. The fraction of sp³-hybridized carbons (Fsp3) is 0.238. The van der Waals surface area contributed by atoms with Crippen LogP contribution in [0.1, 0.15) is 30.0 Å². The summed E-state index contributed by atoms with van der Waals surface area (Å²) < 4.78 is 8.01. The number of ether oxygens (including phenoxy) is 1. The van der Waals surface area contributed by atoms with Crippen molar-refractivity contribution in [2.24, 2.45) is 7.05 Å². The molecule has 2 heterocycles. The van der Waals surface area contributed by atoms with Crippen LogP contribution in [0.25, 0.3) is 0 Å². The van der Waals surface area contributed by atoms with E-state index in [9.17, 15) is 5.26 Å². The molecule has 7 heteroatoms. The Kier molecular flexibility index (Phi) is 5.17. The summed E-state index contributed by atoms with van der Waals surface area (Å²) in [6.45, 7) is 0.962. The third kappa shape index (κ3) is 3.54. The molecule has 5 nitrogen and oxygen atoms in total. The van der Waals surface area contributed by atoms with Gasteiger partial charge in [-0.3, -0.25) is 0 Å². The molecule has 1 aliphatic heterocycles. The van der Waals surface area contributed by atoms with E-state index in [-0.39, 0.29) is 6.04 Å². The Labute approximate surface area is 173 Å². The summed E-state index contributed by atoms with van der Waals surface area (Å²) in [5.74, 6) is 2.03. The molecule has 0 aliphatic carbocycles. The zero-order valence-corrected chi connectivity index (χ0v) is 16.8. The maximum Gasteiger partial charge on any atom is 0.146 e. The normalized spacial score (nSPS) is 16.2. The van der Waals surface area contributed by atoms with E-state index < -0.39 is 0 Å². The Morgan fingerprint density at radius 2 is 2.04 bits per heavy atom. The van der Waals surface area contributed by atoms with Crippen LogP contribution in [-0.2, 0) is 7.05 Å². The molecule has 1 fully saturated rings. The fourth-order valence-electron chi connectivity index (χ4n) is 3.61. The molecule has 0 radical (unpaired) electrons. The molecule has 2 aromatic carbocycles. The summed E-state index contributed by atoms with van der Waals surface area (Å²) in [7, 11) is 1.99. The van der Waals surface area contributed by atoms with Crippen LogP contribution < -0.4 is 9.64 Å². The second kappa shape index (κ2) is 7.75. The van der Waals surface area contributed by atoms with Crippen LogP contribution in [0.3, 0.4) is 0 Å². The van der Waals surface area contributed by atoms with Gasteiger partial charge in [-0.15, -0.1) is 0 Å². The van der Waals surface area contributed by atoms with E-state index >= 15 is 0 Å². The summed E-state index contributed by atoms with van der Waals surface area (Å²) in [6, 6.07) is 13.2. The molecule has 1 saturated heterocycles. The number of nitriles is 1. The average molecular weight is 413 g/mol. The van der Waals surface area contributed by atoms with Gasteiger partial charge in [0.05, 0.1) is 29.2 Å². The number of halogens is 2. The Morgan fingerprint density at radius 1 is 1.18 bits per heavy atom.